The Hall–Kier alpha value is -1.91. The summed E-state index contributed by atoms with van der Waals surface area (Å²) in [5.41, 5.74) is 2.52. The van der Waals surface area contributed by atoms with Gasteiger partial charge in [0.2, 0.25) is 0 Å². The van der Waals surface area contributed by atoms with Crippen LogP contribution in [0.25, 0.3) is 0 Å². The monoisotopic (exact) mass is 363 g/mol. The molecule has 2 N–H and O–H groups in total. The molecule has 0 aliphatic heterocycles. The molecule has 5 heteroatoms. The van der Waals surface area contributed by atoms with Crippen molar-refractivity contribution in [2.24, 2.45) is 0 Å². The third-order valence-electron chi connectivity index (χ3n) is 4.16. The summed E-state index contributed by atoms with van der Waals surface area (Å²) in [5.74, 6) is 0.612. The van der Waals surface area contributed by atoms with Gasteiger partial charge in [0.25, 0.3) is 0 Å². The van der Waals surface area contributed by atoms with E-state index in [2.05, 4.69) is 20.8 Å². The third-order valence-corrected chi connectivity index (χ3v) is 4.39. The molecular weight excluding hydrogens is 338 g/mol. The van der Waals surface area contributed by atoms with E-state index >= 15 is 0 Å². The molecule has 0 saturated carbocycles. The predicted molar refractivity (Wildman–Crippen MR) is 102 cm³/mol. The first-order valence-electron chi connectivity index (χ1n) is 8.18. The van der Waals surface area contributed by atoms with Crippen molar-refractivity contribution in [2.75, 3.05) is 14.2 Å². The Morgan fingerprint density at radius 2 is 1.68 bits per heavy atom. The van der Waals surface area contributed by atoms with Gasteiger partial charge in [-0.15, -0.1) is 0 Å². The van der Waals surface area contributed by atoms with Crippen LogP contribution >= 0.6 is 11.6 Å². The number of nitrogens with zero attached hydrogens (tertiary/aromatic N) is 1. The zero-order valence-corrected chi connectivity index (χ0v) is 16.2. The molecule has 0 spiro atoms. The largest absolute Gasteiger partial charge is 0.504 e. The number of aromatic hydroxyl groups is 2. The SMILES string of the molecule is COc1ccc(Cl)cc1CN(C)Cc1cc(C(C)(C)C)cc(O)c1O. The summed E-state index contributed by atoms with van der Waals surface area (Å²) >= 11 is 6.09. The van der Waals surface area contributed by atoms with E-state index in [1.54, 1.807) is 19.2 Å². The van der Waals surface area contributed by atoms with Crippen molar-refractivity contribution in [1.82, 2.24) is 4.90 Å². The smallest absolute Gasteiger partial charge is 0.162 e. The summed E-state index contributed by atoms with van der Waals surface area (Å²) in [6.45, 7) is 7.30. The fourth-order valence-electron chi connectivity index (χ4n) is 2.74. The lowest BCUT2D eigenvalue weighted by Gasteiger charge is -2.23. The molecule has 0 heterocycles. The second-order valence-corrected chi connectivity index (χ2v) is 7.82. The Balaban J connectivity index is 2.25. The van der Waals surface area contributed by atoms with Crippen LogP contribution in [0.3, 0.4) is 0 Å². The molecular formula is C20H26ClNO3. The first kappa shape index (κ1) is 19.4. The van der Waals surface area contributed by atoms with E-state index in [9.17, 15) is 10.2 Å². The van der Waals surface area contributed by atoms with E-state index in [1.165, 1.54) is 0 Å². The van der Waals surface area contributed by atoms with Crippen LogP contribution in [-0.2, 0) is 18.5 Å². The van der Waals surface area contributed by atoms with Crippen molar-refractivity contribution in [3.8, 4) is 17.2 Å². The van der Waals surface area contributed by atoms with Gasteiger partial charge in [-0.3, -0.25) is 4.90 Å². The first-order valence-corrected chi connectivity index (χ1v) is 8.56. The van der Waals surface area contributed by atoms with Gasteiger partial charge in [0, 0.05) is 29.2 Å². The van der Waals surface area contributed by atoms with Crippen LogP contribution in [-0.4, -0.2) is 29.3 Å². The van der Waals surface area contributed by atoms with Crippen LogP contribution in [0.15, 0.2) is 30.3 Å². The molecule has 0 amide bonds. The summed E-state index contributed by atoms with van der Waals surface area (Å²) in [6, 6.07) is 9.08. The summed E-state index contributed by atoms with van der Waals surface area (Å²) in [5, 5.41) is 20.9. The highest BCUT2D eigenvalue weighted by Gasteiger charge is 2.19. The van der Waals surface area contributed by atoms with Crippen molar-refractivity contribution in [3.05, 3.63) is 52.0 Å². The van der Waals surface area contributed by atoms with Gasteiger partial charge in [-0.1, -0.05) is 38.4 Å². The van der Waals surface area contributed by atoms with E-state index in [-0.39, 0.29) is 16.9 Å². The van der Waals surface area contributed by atoms with E-state index in [0.717, 1.165) is 16.9 Å². The van der Waals surface area contributed by atoms with Crippen LogP contribution in [0.4, 0.5) is 0 Å². The van der Waals surface area contributed by atoms with Gasteiger partial charge >= 0.3 is 0 Å². The predicted octanol–water partition coefficient (Wildman–Crippen LogP) is 4.69. The van der Waals surface area contributed by atoms with Gasteiger partial charge in [-0.05, 0) is 42.3 Å². The number of phenols is 2. The lowest BCUT2D eigenvalue weighted by atomic mass is 9.85. The van der Waals surface area contributed by atoms with Crippen LogP contribution in [0.2, 0.25) is 5.02 Å². The Kier molecular flexibility index (Phi) is 5.86. The van der Waals surface area contributed by atoms with Crippen molar-refractivity contribution >= 4 is 11.6 Å². The maximum absolute atomic E-state index is 10.2. The molecule has 0 saturated heterocycles. The van der Waals surface area contributed by atoms with Gasteiger partial charge in [0.05, 0.1) is 7.11 Å². The third kappa shape index (κ3) is 4.80. The number of rotatable bonds is 5. The highest BCUT2D eigenvalue weighted by molar-refractivity contribution is 6.30. The first-order chi connectivity index (χ1) is 11.6. The van der Waals surface area contributed by atoms with Crippen LogP contribution in [0.5, 0.6) is 17.2 Å². The molecule has 4 nitrogen and oxygen atoms in total. The molecule has 0 aliphatic carbocycles. The van der Waals surface area contributed by atoms with E-state index in [4.69, 9.17) is 16.3 Å². The van der Waals surface area contributed by atoms with Gasteiger partial charge in [0.1, 0.15) is 5.75 Å². The highest BCUT2D eigenvalue weighted by Crippen LogP contribution is 2.36. The molecule has 25 heavy (non-hydrogen) atoms. The Labute approximate surface area is 154 Å². The highest BCUT2D eigenvalue weighted by atomic mass is 35.5. The number of methoxy groups -OCH3 is 1. The van der Waals surface area contributed by atoms with Crippen LogP contribution < -0.4 is 4.74 Å². The van der Waals surface area contributed by atoms with Crippen molar-refractivity contribution in [1.29, 1.82) is 0 Å². The number of benzene rings is 2. The van der Waals surface area contributed by atoms with E-state index < -0.39 is 0 Å². The van der Waals surface area contributed by atoms with Crippen LogP contribution in [0.1, 0.15) is 37.5 Å². The minimum Gasteiger partial charge on any atom is -0.504 e. The molecule has 136 valence electrons. The molecule has 2 aromatic carbocycles. The van der Waals surface area contributed by atoms with Crippen molar-refractivity contribution in [3.63, 3.8) is 0 Å². The van der Waals surface area contributed by atoms with Gasteiger partial charge in [-0.25, -0.2) is 0 Å². The zero-order chi connectivity index (χ0) is 18.8. The minimum atomic E-state index is -0.116. The van der Waals surface area contributed by atoms with Crippen molar-refractivity contribution < 1.29 is 14.9 Å². The minimum absolute atomic E-state index is 0.0714. The lowest BCUT2D eigenvalue weighted by Crippen LogP contribution is -2.19. The molecule has 0 bridgehead atoms. The molecule has 0 fully saturated rings. The standard InChI is InChI=1S/C20H26ClNO3/c1-20(2,3)15-8-14(19(24)17(23)10-15)12-22(4)11-13-9-16(21)6-7-18(13)25-5/h6-10,23-24H,11-12H2,1-5H3. The van der Waals surface area contributed by atoms with Gasteiger partial charge < -0.3 is 14.9 Å². The second-order valence-electron chi connectivity index (χ2n) is 7.38. The Bertz CT molecular complexity index is 753. The fraction of sp³-hybridized carbons (Fsp3) is 0.400. The van der Waals surface area contributed by atoms with Gasteiger partial charge in [-0.2, -0.15) is 0 Å². The lowest BCUT2D eigenvalue weighted by molar-refractivity contribution is 0.301. The average Bonchev–Trinajstić information content (AvgIpc) is 2.50. The van der Waals surface area contributed by atoms with Crippen molar-refractivity contribution in [2.45, 2.75) is 39.3 Å². The van der Waals surface area contributed by atoms with E-state index in [1.807, 2.05) is 30.1 Å². The molecule has 0 radical (unpaired) electrons. The van der Waals surface area contributed by atoms with Gasteiger partial charge in [0.15, 0.2) is 11.5 Å². The molecule has 2 aromatic rings. The number of hydrogen-bond donors (Lipinski definition) is 2. The van der Waals surface area contributed by atoms with Crippen LogP contribution in [0, 0.1) is 0 Å². The average molecular weight is 364 g/mol. The van der Waals surface area contributed by atoms with E-state index in [0.29, 0.717) is 23.7 Å². The summed E-state index contributed by atoms with van der Waals surface area (Å²) in [6.07, 6.45) is 0. The normalized spacial score (nSPS) is 11.8. The Morgan fingerprint density at radius 3 is 2.28 bits per heavy atom. The molecule has 0 aliphatic rings. The fourth-order valence-corrected chi connectivity index (χ4v) is 2.93. The number of hydrogen-bond acceptors (Lipinski definition) is 4. The maximum Gasteiger partial charge on any atom is 0.162 e. The number of ether oxygens (including phenoxy) is 1. The number of phenolic OH excluding ortho intramolecular Hbond substituents is 2. The molecule has 0 aromatic heterocycles. The maximum atomic E-state index is 10.2. The zero-order valence-electron chi connectivity index (χ0n) is 15.4. The molecule has 0 unspecified atom stereocenters. The molecule has 0 atom stereocenters. The summed E-state index contributed by atoms with van der Waals surface area (Å²) in [4.78, 5) is 2.04. The Morgan fingerprint density at radius 1 is 1.04 bits per heavy atom. The quantitative estimate of drug-likeness (QED) is 0.757. The molecule has 2 rings (SSSR count). The summed E-state index contributed by atoms with van der Waals surface area (Å²) in [7, 11) is 3.57. The number of halogens is 1. The summed E-state index contributed by atoms with van der Waals surface area (Å²) < 4.78 is 5.38. The topological polar surface area (TPSA) is 52.9 Å². The second kappa shape index (κ2) is 7.54.